The molecule has 0 saturated carbocycles. The molecule has 124 valence electrons. The van der Waals surface area contributed by atoms with Crippen molar-refractivity contribution in [2.75, 3.05) is 11.9 Å². The molecular formula is C19H20N2O3. The molecule has 0 saturated heterocycles. The summed E-state index contributed by atoms with van der Waals surface area (Å²) in [6.07, 6.45) is 2.99. The first-order valence-electron chi connectivity index (χ1n) is 8.08. The smallest absolute Gasteiger partial charge is 0.322 e. The fourth-order valence-corrected chi connectivity index (χ4v) is 3.15. The standard InChI is InChI=1S/C19H20N2O3/c22-18(23)12-20-16-10-4-3-9-15(16)19(24)21-17-11-5-7-13-6-1-2-8-14(13)17/h1-4,6,8-10,17,20H,5,7,11-12H2,(H,21,24)(H,22,23). The second-order valence-electron chi connectivity index (χ2n) is 5.91. The van der Waals surface area contributed by atoms with Crippen LogP contribution in [0, 0.1) is 0 Å². The molecule has 1 atom stereocenters. The normalized spacial score (nSPS) is 16.1. The quantitative estimate of drug-likeness (QED) is 0.790. The van der Waals surface area contributed by atoms with Crippen LogP contribution >= 0.6 is 0 Å². The van der Waals surface area contributed by atoms with Gasteiger partial charge in [0.05, 0.1) is 11.6 Å². The molecule has 2 aromatic carbocycles. The maximum Gasteiger partial charge on any atom is 0.322 e. The van der Waals surface area contributed by atoms with Gasteiger partial charge in [-0.2, -0.15) is 0 Å². The van der Waals surface area contributed by atoms with E-state index in [1.807, 2.05) is 12.1 Å². The summed E-state index contributed by atoms with van der Waals surface area (Å²) in [7, 11) is 0. The van der Waals surface area contributed by atoms with Crippen LogP contribution in [-0.2, 0) is 11.2 Å². The average molecular weight is 324 g/mol. The lowest BCUT2D eigenvalue weighted by Crippen LogP contribution is -2.31. The zero-order chi connectivity index (χ0) is 16.9. The molecule has 0 fully saturated rings. The number of amides is 1. The van der Waals surface area contributed by atoms with E-state index in [1.54, 1.807) is 24.3 Å². The van der Waals surface area contributed by atoms with Crippen molar-refractivity contribution in [3.8, 4) is 0 Å². The van der Waals surface area contributed by atoms with Crippen LogP contribution in [-0.4, -0.2) is 23.5 Å². The number of anilines is 1. The number of aliphatic carboxylic acids is 1. The fourth-order valence-electron chi connectivity index (χ4n) is 3.15. The van der Waals surface area contributed by atoms with Crippen LogP contribution in [0.4, 0.5) is 5.69 Å². The molecule has 5 heteroatoms. The number of hydrogen-bond donors (Lipinski definition) is 3. The Morgan fingerprint density at radius 3 is 2.67 bits per heavy atom. The molecule has 3 rings (SSSR count). The Morgan fingerprint density at radius 1 is 1.08 bits per heavy atom. The number of nitrogens with one attached hydrogen (secondary N) is 2. The number of para-hydroxylation sites is 1. The number of carboxylic acid groups (broad SMARTS) is 1. The highest BCUT2D eigenvalue weighted by atomic mass is 16.4. The van der Waals surface area contributed by atoms with E-state index >= 15 is 0 Å². The molecule has 1 unspecified atom stereocenters. The van der Waals surface area contributed by atoms with Crippen molar-refractivity contribution < 1.29 is 14.7 Å². The fraction of sp³-hybridized carbons (Fsp3) is 0.263. The summed E-state index contributed by atoms with van der Waals surface area (Å²) < 4.78 is 0. The van der Waals surface area contributed by atoms with Crippen molar-refractivity contribution in [3.63, 3.8) is 0 Å². The van der Waals surface area contributed by atoms with Crippen LogP contribution in [0.5, 0.6) is 0 Å². The van der Waals surface area contributed by atoms with Crippen LogP contribution in [0.3, 0.4) is 0 Å². The maximum atomic E-state index is 12.7. The van der Waals surface area contributed by atoms with Crippen molar-refractivity contribution in [1.82, 2.24) is 5.32 Å². The van der Waals surface area contributed by atoms with Gasteiger partial charge in [0.1, 0.15) is 6.54 Å². The minimum absolute atomic E-state index is 0.00465. The number of benzene rings is 2. The SMILES string of the molecule is O=C(O)CNc1ccccc1C(=O)NC1CCCc2ccccc21. The summed E-state index contributed by atoms with van der Waals surface area (Å²) in [5, 5.41) is 14.7. The Bertz CT molecular complexity index is 758. The van der Waals surface area contributed by atoms with Gasteiger partial charge < -0.3 is 15.7 Å². The van der Waals surface area contributed by atoms with Crippen LogP contribution in [0.1, 0.15) is 40.4 Å². The number of aryl methyl sites for hydroxylation is 1. The summed E-state index contributed by atoms with van der Waals surface area (Å²) in [6.45, 7) is -0.226. The summed E-state index contributed by atoms with van der Waals surface area (Å²) in [5.41, 5.74) is 3.45. The van der Waals surface area contributed by atoms with E-state index in [-0.39, 0.29) is 18.5 Å². The Morgan fingerprint density at radius 2 is 1.83 bits per heavy atom. The molecule has 1 aliphatic rings. The molecule has 0 aromatic heterocycles. The first-order chi connectivity index (χ1) is 11.6. The molecule has 3 N–H and O–H groups in total. The molecule has 2 aromatic rings. The molecular weight excluding hydrogens is 304 g/mol. The predicted molar refractivity (Wildman–Crippen MR) is 92.2 cm³/mol. The number of carbonyl (C=O) groups excluding carboxylic acids is 1. The van der Waals surface area contributed by atoms with Crippen molar-refractivity contribution in [1.29, 1.82) is 0 Å². The molecule has 1 aliphatic carbocycles. The highest BCUT2D eigenvalue weighted by molar-refractivity contribution is 6.00. The molecule has 1 amide bonds. The first kappa shape index (κ1) is 16.1. The number of carbonyl (C=O) groups is 2. The van der Waals surface area contributed by atoms with Gasteiger partial charge in [0.15, 0.2) is 0 Å². The second-order valence-corrected chi connectivity index (χ2v) is 5.91. The van der Waals surface area contributed by atoms with Gasteiger partial charge in [-0.15, -0.1) is 0 Å². The molecule has 0 spiro atoms. The number of fused-ring (bicyclic) bond motifs is 1. The van der Waals surface area contributed by atoms with E-state index in [9.17, 15) is 9.59 Å². The van der Waals surface area contributed by atoms with Crippen molar-refractivity contribution in [3.05, 3.63) is 65.2 Å². The maximum absolute atomic E-state index is 12.7. The van der Waals surface area contributed by atoms with E-state index in [2.05, 4.69) is 22.8 Å². The van der Waals surface area contributed by atoms with E-state index < -0.39 is 5.97 Å². The highest BCUT2D eigenvalue weighted by Crippen LogP contribution is 2.30. The lowest BCUT2D eigenvalue weighted by Gasteiger charge is -2.26. The summed E-state index contributed by atoms with van der Waals surface area (Å²) in [6, 6.07) is 15.1. The summed E-state index contributed by atoms with van der Waals surface area (Å²) in [4.78, 5) is 23.4. The molecule has 24 heavy (non-hydrogen) atoms. The lowest BCUT2D eigenvalue weighted by molar-refractivity contribution is -0.134. The van der Waals surface area contributed by atoms with Gasteiger partial charge in [-0.1, -0.05) is 36.4 Å². The molecule has 0 heterocycles. The van der Waals surface area contributed by atoms with Gasteiger partial charge in [-0.25, -0.2) is 0 Å². The summed E-state index contributed by atoms with van der Waals surface area (Å²) >= 11 is 0. The van der Waals surface area contributed by atoms with Crippen LogP contribution < -0.4 is 10.6 Å². The predicted octanol–water partition coefficient (Wildman–Crippen LogP) is 2.99. The zero-order valence-corrected chi connectivity index (χ0v) is 13.3. The van der Waals surface area contributed by atoms with Crippen LogP contribution in [0.25, 0.3) is 0 Å². The third-order valence-electron chi connectivity index (χ3n) is 4.28. The second kappa shape index (κ2) is 7.17. The van der Waals surface area contributed by atoms with Gasteiger partial charge in [0.2, 0.25) is 0 Å². The third-order valence-corrected chi connectivity index (χ3v) is 4.28. The Balaban J connectivity index is 1.78. The zero-order valence-electron chi connectivity index (χ0n) is 13.3. The molecule has 5 nitrogen and oxygen atoms in total. The molecule has 0 radical (unpaired) electrons. The number of carboxylic acids is 1. The average Bonchev–Trinajstić information content (AvgIpc) is 2.60. The van der Waals surface area contributed by atoms with Crippen molar-refractivity contribution in [2.45, 2.75) is 25.3 Å². The highest BCUT2D eigenvalue weighted by Gasteiger charge is 2.22. The number of hydrogen-bond acceptors (Lipinski definition) is 3. The Hall–Kier alpha value is -2.82. The molecule has 0 bridgehead atoms. The number of rotatable bonds is 5. The summed E-state index contributed by atoms with van der Waals surface area (Å²) in [5.74, 6) is -1.16. The van der Waals surface area contributed by atoms with Gasteiger partial charge in [-0.3, -0.25) is 9.59 Å². The monoisotopic (exact) mass is 324 g/mol. The molecule has 0 aliphatic heterocycles. The lowest BCUT2D eigenvalue weighted by atomic mass is 9.87. The largest absolute Gasteiger partial charge is 0.480 e. The van der Waals surface area contributed by atoms with E-state index in [0.29, 0.717) is 11.3 Å². The van der Waals surface area contributed by atoms with Gasteiger partial charge in [0, 0.05) is 5.69 Å². The Labute approximate surface area is 140 Å². The topological polar surface area (TPSA) is 78.4 Å². The van der Waals surface area contributed by atoms with Crippen LogP contribution in [0.2, 0.25) is 0 Å². The van der Waals surface area contributed by atoms with E-state index in [1.165, 1.54) is 11.1 Å². The van der Waals surface area contributed by atoms with Crippen LogP contribution in [0.15, 0.2) is 48.5 Å². The van der Waals surface area contributed by atoms with Gasteiger partial charge in [-0.05, 0) is 42.5 Å². The van der Waals surface area contributed by atoms with E-state index in [0.717, 1.165) is 19.3 Å². The van der Waals surface area contributed by atoms with Gasteiger partial charge in [0.25, 0.3) is 5.91 Å². The Kier molecular flexibility index (Phi) is 4.79. The van der Waals surface area contributed by atoms with Crippen molar-refractivity contribution >= 4 is 17.6 Å². The van der Waals surface area contributed by atoms with E-state index in [4.69, 9.17) is 5.11 Å². The minimum Gasteiger partial charge on any atom is -0.480 e. The first-order valence-corrected chi connectivity index (χ1v) is 8.08. The third kappa shape index (κ3) is 3.56. The van der Waals surface area contributed by atoms with Gasteiger partial charge >= 0.3 is 5.97 Å². The van der Waals surface area contributed by atoms with Crippen molar-refractivity contribution in [2.24, 2.45) is 0 Å². The minimum atomic E-state index is -0.966.